The first-order valence-corrected chi connectivity index (χ1v) is 5.96. The highest BCUT2D eigenvalue weighted by Gasteiger charge is 2.23. The van der Waals surface area contributed by atoms with Gasteiger partial charge in [-0.1, -0.05) is 20.8 Å². The minimum atomic E-state index is -0.269. The molecule has 1 aromatic carbocycles. The van der Waals surface area contributed by atoms with Crippen molar-refractivity contribution in [1.29, 1.82) is 5.26 Å². The highest BCUT2D eigenvalue weighted by Crippen LogP contribution is 2.24. The van der Waals surface area contributed by atoms with E-state index in [2.05, 4.69) is 5.10 Å². The van der Waals surface area contributed by atoms with Crippen molar-refractivity contribution in [2.24, 2.45) is 0 Å². The molecule has 2 rings (SSSR count). The van der Waals surface area contributed by atoms with Crippen LogP contribution in [0.25, 0.3) is 5.69 Å². The summed E-state index contributed by atoms with van der Waals surface area (Å²) in [7, 11) is 0. The second kappa shape index (κ2) is 4.32. The molecule has 98 valence electrons. The Labute approximate surface area is 111 Å². The van der Waals surface area contributed by atoms with Crippen LogP contribution in [0, 0.1) is 11.3 Å². The van der Waals surface area contributed by atoms with E-state index < -0.39 is 0 Å². The summed E-state index contributed by atoms with van der Waals surface area (Å²) < 4.78 is 1.40. The Morgan fingerprint density at radius 2 is 1.84 bits per heavy atom. The molecular formula is C14H16N4O. The van der Waals surface area contributed by atoms with Crippen molar-refractivity contribution in [3.8, 4) is 11.8 Å². The van der Waals surface area contributed by atoms with Crippen molar-refractivity contribution in [3.05, 3.63) is 45.9 Å². The van der Waals surface area contributed by atoms with E-state index in [1.807, 2.05) is 26.8 Å². The van der Waals surface area contributed by atoms with Crippen molar-refractivity contribution in [1.82, 2.24) is 9.78 Å². The van der Waals surface area contributed by atoms with Crippen LogP contribution in [0.3, 0.4) is 0 Å². The Morgan fingerprint density at radius 3 is 2.26 bits per heavy atom. The zero-order valence-corrected chi connectivity index (χ0v) is 11.2. The summed E-state index contributed by atoms with van der Waals surface area (Å²) in [6, 6.07) is 8.78. The van der Waals surface area contributed by atoms with Crippen molar-refractivity contribution < 1.29 is 0 Å². The smallest absolute Gasteiger partial charge is 0.294 e. The molecule has 1 heterocycles. The average Bonchev–Trinajstić information content (AvgIpc) is 2.66. The predicted octanol–water partition coefficient (Wildman–Crippen LogP) is 1.92. The number of hydrogen-bond donors (Lipinski definition) is 2. The van der Waals surface area contributed by atoms with Crippen LogP contribution >= 0.6 is 0 Å². The lowest BCUT2D eigenvalue weighted by Crippen LogP contribution is -2.17. The molecule has 5 heteroatoms. The fraction of sp³-hybridized carbons (Fsp3) is 0.286. The van der Waals surface area contributed by atoms with Gasteiger partial charge in [-0.2, -0.15) is 5.26 Å². The maximum atomic E-state index is 12.1. The number of nitrogens with two attached hydrogens (primary N) is 1. The number of anilines is 1. The summed E-state index contributed by atoms with van der Waals surface area (Å²) in [6.45, 7) is 5.95. The van der Waals surface area contributed by atoms with Crippen LogP contribution in [-0.2, 0) is 5.41 Å². The number of H-pyrrole nitrogens is 1. The van der Waals surface area contributed by atoms with Crippen LogP contribution in [0.2, 0.25) is 0 Å². The highest BCUT2D eigenvalue weighted by molar-refractivity contribution is 5.48. The number of benzene rings is 1. The van der Waals surface area contributed by atoms with Crippen LogP contribution in [0.5, 0.6) is 0 Å². The second-order valence-electron chi connectivity index (χ2n) is 5.45. The van der Waals surface area contributed by atoms with Crippen LogP contribution in [0.15, 0.2) is 29.1 Å². The molecule has 0 atom stereocenters. The molecule has 3 N–H and O–H groups in total. The molecule has 0 aliphatic carbocycles. The van der Waals surface area contributed by atoms with Gasteiger partial charge in [0.15, 0.2) is 0 Å². The lowest BCUT2D eigenvalue weighted by atomic mass is 9.91. The minimum Gasteiger partial charge on any atom is -0.393 e. The molecule has 2 aromatic rings. The Hall–Kier alpha value is -2.48. The molecule has 19 heavy (non-hydrogen) atoms. The van der Waals surface area contributed by atoms with Crippen molar-refractivity contribution in [2.45, 2.75) is 26.2 Å². The Morgan fingerprint density at radius 1 is 1.26 bits per heavy atom. The Balaban J connectivity index is 2.58. The summed E-state index contributed by atoms with van der Waals surface area (Å²) in [5, 5.41) is 11.8. The van der Waals surface area contributed by atoms with Gasteiger partial charge < -0.3 is 5.73 Å². The van der Waals surface area contributed by atoms with E-state index in [1.165, 1.54) is 4.68 Å². The number of rotatable bonds is 1. The number of aromatic nitrogens is 2. The lowest BCUT2D eigenvalue weighted by Gasteiger charge is -2.16. The number of aromatic amines is 1. The molecule has 0 amide bonds. The summed E-state index contributed by atoms with van der Waals surface area (Å²) >= 11 is 0. The molecule has 0 radical (unpaired) electrons. The summed E-state index contributed by atoms with van der Waals surface area (Å²) in [4.78, 5) is 12.1. The van der Waals surface area contributed by atoms with E-state index in [1.54, 1.807) is 24.3 Å². The minimum absolute atomic E-state index is 0.233. The lowest BCUT2D eigenvalue weighted by molar-refractivity contribution is 0.562. The first-order chi connectivity index (χ1) is 8.84. The third-order valence-electron chi connectivity index (χ3n) is 2.93. The summed E-state index contributed by atoms with van der Waals surface area (Å²) in [5.41, 5.74) is 7.51. The molecule has 0 spiro atoms. The van der Waals surface area contributed by atoms with E-state index >= 15 is 0 Å². The van der Waals surface area contributed by atoms with Crippen LogP contribution in [0.4, 0.5) is 5.69 Å². The molecular weight excluding hydrogens is 240 g/mol. The normalized spacial score (nSPS) is 11.3. The topological polar surface area (TPSA) is 87.6 Å². The third kappa shape index (κ3) is 2.25. The van der Waals surface area contributed by atoms with E-state index in [9.17, 15) is 4.79 Å². The molecule has 0 saturated heterocycles. The monoisotopic (exact) mass is 256 g/mol. The first kappa shape index (κ1) is 13.0. The van der Waals surface area contributed by atoms with Gasteiger partial charge in [0.2, 0.25) is 0 Å². The molecule has 0 aliphatic heterocycles. The summed E-state index contributed by atoms with van der Waals surface area (Å²) in [6.07, 6.45) is 0. The third-order valence-corrected chi connectivity index (χ3v) is 2.93. The number of nitriles is 1. The number of hydrogen-bond acceptors (Lipinski definition) is 3. The van der Waals surface area contributed by atoms with Gasteiger partial charge in [-0.15, -0.1) is 0 Å². The van der Waals surface area contributed by atoms with E-state index in [0.29, 0.717) is 16.9 Å². The molecule has 0 unspecified atom stereocenters. The molecule has 1 aromatic heterocycles. The van der Waals surface area contributed by atoms with Gasteiger partial charge in [-0.25, -0.2) is 4.68 Å². The summed E-state index contributed by atoms with van der Waals surface area (Å²) in [5.74, 6) is 0. The van der Waals surface area contributed by atoms with Crippen molar-refractivity contribution >= 4 is 5.69 Å². The zero-order chi connectivity index (χ0) is 14.2. The number of nitrogens with zero attached hydrogens (tertiary/aromatic N) is 2. The van der Waals surface area contributed by atoms with E-state index in [4.69, 9.17) is 11.0 Å². The SMILES string of the molecule is CC(C)(C)c1[nH]n(-c2ccc(C#N)cc2)c(=O)c1N. The molecule has 0 aliphatic rings. The molecule has 0 saturated carbocycles. The number of nitrogens with one attached hydrogen (secondary N) is 1. The fourth-order valence-electron chi connectivity index (χ4n) is 1.89. The Bertz CT molecular complexity index is 693. The average molecular weight is 256 g/mol. The van der Waals surface area contributed by atoms with Crippen molar-refractivity contribution in [3.63, 3.8) is 0 Å². The van der Waals surface area contributed by atoms with Gasteiger partial charge in [0, 0.05) is 5.41 Å². The van der Waals surface area contributed by atoms with Gasteiger partial charge in [0.25, 0.3) is 5.56 Å². The zero-order valence-electron chi connectivity index (χ0n) is 11.2. The largest absolute Gasteiger partial charge is 0.393 e. The van der Waals surface area contributed by atoms with Gasteiger partial charge >= 0.3 is 0 Å². The van der Waals surface area contributed by atoms with Crippen molar-refractivity contribution in [2.75, 3.05) is 5.73 Å². The Kier molecular flexibility index (Phi) is 2.95. The molecule has 0 fully saturated rings. The van der Waals surface area contributed by atoms with E-state index in [0.717, 1.165) is 0 Å². The first-order valence-electron chi connectivity index (χ1n) is 5.96. The standard InChI is InChI=1S/C14H16N4O/c1-14(2,3)12-11(16)13(19)18(17-12)10-6-4-9(8-15)5-7-10/h4-7,17H,16H2,1-3H3. The molecule has 0 bridgehead atoms. The quantitative estimate of drug-likeness (QED) is 0.817. The predicted molar refractivity (Wildman–Crippen MR) is 74.2 cm³/mol. The van der Waals surface area contributed by atoms with E-state index in [-0.39, 0.29) is 16.7 Å². The molecule has 5 nitrogen and oxygen atoms in total. The van der Waals surface area contributed by atoms with Crippen LogP contribution in [-0.4, -0.2) is 9.78 Å². The van der Waals surface area contributed by atoms with Gasteiger partial charge in [0.05, 0.1) is 23.0 Å². The van der Waals surface area contributed by atoms with Crippen LogP contribution < -0.4 is 11.3 Å². The second-order valence-corrected chi connectivity index (χ2v) is 5.45. The number of nitrogen functional groups attached to an aromatic ring is 1. The van der Waals surface area contributed by atoms with Gasteiger partial charge in [-0.05, 0) is 24.3 Å². The van der Waals surface area contributed by atoms with Crippen LogP contribution in [0.1, 0.15) is 32.0 Å². The fourth-order valence-corrected chi connectivity index (χ4v) is 1.89. The highest BCUT2D eigenvalue weighted by atomic mass is 16.1. The maximum absolute atomic E-state index is 12.1. The maximum Gasteiger partial charge on any atom is 0.294 e. The van der Waals surface area contributed by atoms with Gasteiger partial charge in [0.1, 0.15) is 5.69 Å². The van der Waals surface area contributed by atoms with Gasteiger partial charge in [-0.3, -0.25) is 9.89 Å².